The van der Waals surface area contributed by atoms with Crippen LogP contribution in [0.3, 0.4) is 0 Å². The summed E-state index contributed by atoms with van der Waals surface area (Å²) in [6, 6.07) is 5.99. The Labute approximate surface area is 120 Å². The lowest BCUT2D eigenvalue weighted by atomic mass is 10.2. The lowest BCUT2D eigenvalue weighted by Gasteiger charge is -2.06. The van der Waals surface area contributed by atoms with Crippen LogP contribution >= 0.6 is 0 Å². The Kier molecular flexibility index (Phi) is 4.02. The zero-order valence-electron chi connectivity index (χ0n) is 11.6. The molecule has 0 fully saturated rings. The molecule has 0 aliphatic rings. The second kappa shape index (κ2) is 5.74. The Morgan fingerprint density at radius 2 is 1.90 bits per heavy atom. The molecular formula is C14H14FN3O3. The van der Waals surface area contributed by atoms with Gasteiger partial charge in [-0.25, -0.2) is 9.18 Å². The van der Waals surface area contributed by atoms with Crippen molar-refractivity contribution in [1.82, 2.24) is 9.78 Å². The molecule has 7 heteroatoms. The first-order chi connectivity index (χ1) is 9.88. The van der Waals surface area contributed by atoms with Crippen LogP contribution in [0.2, 0.25) is 0 Å². The Morgan fingerprint density at radius 3 is 2.48 bits per heavy atom. The van der Waals surface area contributed by atoms with Crippen molar-refractivity contribution in [2.75, 3.05) is 5.32 Å². The van der Waals surface area contributed by atoms with Crippen LogP contribution in [0.25, 0.3) is 0 Å². The molecule has 2 N–H and O–H groups in total. The highest BCUT2D eigenvalue weighted by Crippen LogP contribution is 2.20. The standard InChI is InChI=1S/C14H14FN3O3/c1-8-12(16-13(19)14(20)21)9(2)18(17-8)7-10-3-5-11(15)6-4-10/h3-6H,7H2,1-2H3,(H,16,19)(H,20,21). The van der Waals surface area contributed by atoms with E-state index in [0.717, 1.165) is 5.56 Å². The summed E-state index contributed by atoms with van der Waals surface area (Å²) < 4.78 is 14.5. The minimum atomic E-state index is -1.56. The largest absolute Gasteiger partial charge is 0.474 e. The maximum Gasteiger partial charge on any atom is 0.394 e. The number of anilines is 1. The number of benzene rings is 1. The fraction of sp³-hybridized carbons (Fsp3) is 0.214. The monoisotopic (exact) mass is 291 g/mol. The van der Waals surface area contributed by atoms with E-state index < -0.39 is 11.9 Å². The van der Waals surface area contributed by atoms with Gasteiger partial charge in [-0.05, 0) is 31.5 Å². The maximum atomic E-state index is 12.9. The molecule has 110 valence electrons. The molecule has 1 aromatic heterocycles. The number of amides is 1. The number of aromatic nitrogens is 2. The number of aliphatic carboxylic acids is 1. The Morgan fingerprint density at radius 1 is 1.29 bits per heavy atom. The number of nitrogens with zero attached hydrogens (tertiary/aromatic N) is 2. The van der Waals surface area contributed by atoms with Crippen LogP contribution in [0.15, 0.2) is 24.3 Å². The summed E-state index contributed by atoms with van der Waals surface area (Å²) in [7, 11) is 0. The van der Waals surface area contributed by atoms with E-state index in [1.807, 2.05) is 0 Å². The van der Waals surface area contributed by atoms with Crippen LogP contribution in [0, 0.1) is 19.7 Å². The number of nitrogens with one attached hydrogen (secondary N) is 1. The highest BCUT2D eigenvalue weighted by Gasteiger charge is 2.18. The molecule has 0 bridgehead atoms. The molecule has 1 heterocycles. The van der Waals surface area contributed by atoms with Gasteiger partial charge in [-0.3, -0.25) is 9.48 Å². The van der Waals surface area contributed by atoms with E-state index >= 15 is 0 Å². The van der Waals surface area contributed by atoms with Crippen molar-refractivity contribution in [3.63, 3.8) is 0 Å². The predicted molar refractivity (Wildman–Crippen MR) is 73.5 cm³/mol. The van der Waals surface area contributed by atoms with Gasteiger partial charge < -0.3 is 10.4 Å². The summed E-state index contributed by atoms with van der Waals surface area (Å²) in [5.74, 6) is -2.98. The zero-order chi connectivity index (χ0) is 15.6. The predicted octanol–water partition coefficient (Wildman–Crippen LogP) is 1.71. The Hall–Kier alpha value is -2.70. The average molecular weight is 291 g/mol. The molecule has 0 radical (unpaired) electrons. The van der Waals surface area contributed by atoms with Crippen LogP contribution in [0.4, 0.5) is 10.1 Å². The van der Waals surface area contributed by atoms with Crippen molar-refractivity contribution < 1.29 is 19.1 Å². The van der Waals surface area contributed by atoms with Gasteiger partial charge in [0.2, 0.25) is 0 Å². The first-order valence-electron chi connectivity index (χ1n) is 6.21. The van der Waals surface area contributed by atoms with Crippen LogP contribution in [0.1, 0.15) is 17.0 Å². The summed E-state index contributed by atoms with van der Waals surface area (Å²) in [6.07, 6.45) is 0. The molecule has 1 amide bonds. The topological polar surface area (TPSA) is 84.2 Å². The van der Waals surface area contributed by atoms with E-state index in [2.05, 4.69) is 10.4 Å². The third-order valence-corrected chi connectivity index (χ3v) is 3.06. The van der Waals surface area contributed by atoms with E-state index in [-0.39, 0.29) is 5.82 Å². The molecule has 0 aliphatic heterocycles. The molecular weight excluding hydrogens is 277 g/mol. The first-order valence-corrected chi connectivity index (χ1v) is 6.21. The molecule has 2 rings (SSSR count). The molecule has 0 saturated carbocycles. The van der Waals surface area contributed by atoms with Crippen molar-refractivity contribution in [2.24, 2.45) is 0 Å². The fourth-order valence-corrected chi connectivity index (χ4v) is 1.96. The van der Waals surface area contributed by atoms with E-state index in [9.17, 15) is 14.0 Å². The van der Waals surface area contributed by atoms with Gasteiger partial charge in [0.15, 0.2) is 0 Å². The van der Waals surface area contributed by atoms with Gasteiger partial charge in [0.25, 0.3) is 0 Å². The number of carboxylic acid groups (broad SMARTS) is 1. The second-order valence-corrected chi connectivity index (χ2v) is 4.59. The van der Waals surface area contributed by atoms with Gasteiger partial charge in [-0.15, -0.1) is 0 Å². The lowest BCUT2D eigenvalue weighted by molar-refractivity contribution is -0.147. The highest BCUT2D eigenvalue weighted by atomic mass is 19.1. The van der Waals surface area contributed by atoms with Gasteiger partial charge in [0.05, 0.1) is 23.6 Å². The molecule has 0 aliphatic carbocycles. The van der Waals surface area contributed by atoms with E-state index in [1.54, 1.807) is 30.7 Å². The molecule has 6 nitrogen and oxygen atoms in total. The normalized spacial score (nSPS) is 10.4. The summed E-state index contributed by atoms with van der Waals surface area (Å²) >= 11 is 0. The van der Waals surface area contributed by atoms with E-state index in [0.29, 0.717) is 23.6 Å². The second-order valence-electron chi connectivity index (χ2n) is 4.59. The quantitative estimate of drug-likeness (QED) is 0.843. The summed E-state index contributed by atoms with van der Waals surface area (Å²) in [5, 5.41) is 15.2. The van der Waals surface area contributed by atoms with Crippen molar-refractivity contribution in [3.05, 3.63) is 47.0 Å². The van der Waals surface area contributed by atoms with Crippen LogP contribution in [0.5, 0.6) is 0 Å². The zero-order valence-corrected chi connectivity index (χ0v) is 11.6. The van der Waals surface area contributed by atoms with Crippen molar-refractivity contribution in [3.8, 4) is 0 Å². The minimum absolute atomic E-state index is 0.318. The number of rotatable bonds is 3. The van der Waals surface area contributed by atoms with Crippen LogP contribution < -0.4 is 5.32 Å². The van der Waals surface area contributed by atoms with Gasteiger partial charge >= 0.3 is 11.9 Å². The number of carboxylic acids is 1. The third-order valence-electron chi connectivity index (χ3n) is 3.06. The van der Waals surface area contributed by atoms with Gasteiger partial charge in [-0.2, -0.15) is 5.10 Å². The van der Waals surface area contributed by atoms with Crippen molar-refractivity contribution >= 4 is 17.6 Å². The van der Waals surface area contributed by atoms with Crippen LogP contribution in [-0.4, -0.2) is 26.8 Å². The first kappa shape index (κ1) is 14.7. The molecule has 21 heavy (non-hydrogen) atoms. The Balaban J connectivity index is 2.24. The number of halogens is 1. The van der Waals surface area contributed by atoms with Gasteiger partial charge in [0, 0.05) is 0 Å². The number of aryl methyl sites for hydroxylation is 1. The molecule has 0 unspecified atom stereocenters. The SMILES string of the molecule is Cc1nn(Cc2ccc(F)cc2)c(C)c1NC(=O)C(=O)O. The lowest BCUT2D eigenvalue weighted by Crippen LogP contribution is -2.22. The fourth-order valence-electron chi connectivity index (χ4n) is 1.96. The molecule has 1 aromatic carbocycles. The molecule has 0 saturated heterocycles. The Bertz CT molecular complexity index is 692. The smallest absolute Gasteiger partial charge is 0.394 e. The molecule has 0 atom stereocenters. The van der Waals surface area contributed by atoms with Crippen molar-refractivity contribution in [1.29, 1.82) is 0 Å². The average Bonchev–Trinajstić information content (AvgIpc) is 2.69. The van der Waals surface area contributed by atoms with Gasteiger partial charge in [0.1, 0.15) is 5.82 Å². The summed E-state index contributed by atoms with van der Waals surface area (Å²) in [4.78, 5) is 21.8. The van der Waals surface area contributed by atoms with Crippen molar-refractivity contribution in [2.45, 2.75) is 20.4 Å². The highest BCUT2D eigenvalue weighted by molar-refractivity contribution is 6.36. The summed E-state index contributed by atoms with van der Waals surface area (Å²) in [5.41, 5.74) is 2.37. The van der Waals surface area contributed by atoms with E-state index in [1.165, 1.54) is 12.1 Å². The minimum Gasteiger partial charge on any atom is -0.474 e. The number of hydrogen-bond acceptors (Lipinski definition) is 3. The molecule has 2 aromatic rings. The molecule has 0 spiro atoms. The number of carbonyl (C=O) groups excluding carboxylic acids is 1. The van der Waals surface area contributed by atoms with E-state index in [4.69, 9.17) is 5.11 Å². The van der Waals surface area contributed by atoms with Crippen LogP contribution in [-0.2, 0) is 16.1 Å². The van der Waals surface area contributed by atoms with Gasteiger partial charge in [-0.1, -0.05) is 12.1 Å². The maximum absolute atomic E-state index is 12.9. The number of hydrogen-bond donors (Lipinski definition) is 2. The summed E-state index contributed by atoms with van der Waals surface area (Å²) in [6.45, 7) is 3.79. The third kappa shape index (κ3) is 3.25. The number of carbonyl (C=O) groups is 2.